The summed E-state index contributed by atoms with van der Waals surface area (Å²) in [6.07, 6.45) is 4.38. The van der Waals surface area contributed by atoms with Crippen LogP contribution < -0.4 is 0 Å². The van der Waals surface area contributed by atoms with Gasteiger partial charge in [0.15, 0.2) is 12.1 Å². The third kappa shape index (κ3) is 2.68. The van der Waals surface area contributed by atoms with E-state index in [0.29, 0.717) is 5.92 Å². The molecule has 0 aromatic heterocycles. The number of rotatable bonds is 2. The maximum atomic E-state index is 6.18. The molecule has 0 saturated heterocycles. The zero-order valence-electron chi connectivity index (χ0n) is 16.0. The Morgan fingerprint density at radius 2 is 1.80 bits per heavy atom. The molecule has 1 aliphatic carbocycles. The third-order valence-corrected chi connectivity index (χ3v) is 6.29. The maximum Gasteiger partial charge on any atom is 0.330 e. The van der Waals surface area contributed by atoms with Crippen molar-refractivity contribution in [1.82, 2.24) is 0 Å². The average molecular weight is 334 g/mol. The molecule has 4 rings (SSSR count). The number of hydrogen-bond acceptors (Lipinski definition) is 1. The van der Waals surface area contributed by atoms with Gasteiger partial charge in [-0.05, 0) is 74.3 Å². The third-order valence-electron chi connectivity index (χ3n) is 6.29. The van der Waals surface area contributed by atoms with Crippen molar-refractivity contribution in [2.75, 3.05) is 6.54 Å². The van der Waals surface area contributed by atoms with Crippen LogP contribution in [0.2, 0.25) is 0 Å². The van der Waals surface area contributed by atoms with E-state index in [0.717, 1.165) is 6.54 Å². The monoisotopic (exact) mass is 334 g/mol. The molecule has 130 valence electrons. The SMILES string of the molecule is Cc1cc(C2(C)C[N+](c3ccc4c(c3)CCC4C)=CO2)cc(C)c1C. The van der Waals surface area contributed by atoms with Crippen molar-refractivity contribution in [3.63, 3.8) is 0 Å². The van der Waals surface area contributed by atoms with E-state index in [1.54, 1.807) is 0 Å². The minimum Gasteiger partial charge on any atom is -0.432 e. The molecule has 2 aromatic carbocycles. The highest BCUT2D eigenvalue weighted by atomic mass is 16.5. The Hall–Kier alpha value is -2.09. The molecular formula is C23H28NO+. The van der Waals surface area contributed by atoms with Crippen molar-refractivity contribution in [3.05, 3.63) is 63.7 Å². The number of hydrogen-bond donors (Lipinski definition) is 0. The lowest BCUT2D eigenvalue weighted by Crippen LogP contribution is -2.27. The van der Waals surface area contributed by atoms with E-state index < -0.39 is 0 Å². The topological polar surface area (TPSA) is 12.2 Å². The van der Waals surface area contributed by atoms with Crippen molar-refractivity contribution in [3.8, 4) is 0 Å². The molecule has 2 heteroatoms. The van der Waals surface area contributed by atoms with E-state index in [2.05, 4.69) is 69.5 Å². The van der Waals surface area contributed by atoms with Gasteiger partial charge in [0, 0.05) is 17.7 Å². The average Bonchev–Trinajstić information content (AvgIpc) is 3.16. The molecule has 1 aliphatic heterocycles. The van der Waals surface area contributed by atoms with E-state index in [1.807, 2.05) is 6.40 Å². The Bertz CT molecular complexity index is 857. The molecule has 0 amide bonds. The fraction of sp³-hybridized carbons (Fsp3) is 0.435. The summed E-state index contributed by atoms with van der Waals surface area (Å²) in [7, 11) is 0. The molecule has 2 aliphatic rings. The molecule has 1 heterocycles. The van der Waals surface area contributed by atoms with Crippen LogP contribution in [0, 0.1) is 20.8 Å². The Labute approximate surface area is 151 Å². The highest BCUT2D eigenvalue weighted by molar-refractivity contribution is 5.52. The van der Waals surface area contributed by atoms with Gasteiger partial charge in [-0.1, -0.05) is 25.1 Å². The molecule has 0 spiro atoms. The standard InChI is InChI=1S/C23H28NO/c1-15-6-7-19-12-21(8-9-22(15)19)24-13-23(5,25-14-24)20-10-16(2)18(4)17(3)11-20/h8-12,14-15H,6-7,13H2,1-5H3/q+1. The van der Waals surface area contributed by atoms with Gasteiger partial charge in [-0.3, -0.25) is 0 Å². The van der Waals surface area contributed by atoms with Crippen LogP contribution in [0.4, 0.5) is 5.69 Å². The van der Waals surface area contributed by atoms with Gasteiger partial charge in [-0.2, -0.15) is 4.58 Å². The summed E-state index contributed by atoms with van der Waals surface area (Å²) in [5, 5.41) is 0. The molecule has 0 bridgehead atoms. The van der Waals surface area contributed by atoms with Gasteiger partial charge in [0.2, 0.25) is 5.69 Å². The first-order valence-electron chi connectivity index (χ1n) is 9.36. The molecular weight excluding hydrogens is 306 g/mol. The molecule has 0 saturated carbocycles. The second-order valence-corrected chi connectivity index (χ2v) is 8.14. The summed E-state index contributed by atoms with van der Waals surface area (Å²) in [6, 6.07) is 11.5. The minimum absolute atomic E-state index is 0.296. The summed E-state index contributed by atoms with van der Waals surface area (Å²) in [5.41, 5.74) is 9.30. The van der Waals surface area contributed by atoms with Crippen LogP contribution in [-0.2, 0) is 16.8 Å². The zero-order valence-corrected chi connectivity index (χ0v) is 16.0. The van der Waals surface area contributed by atoms with Gasteiger partial charge in [-0.25, -0.2) is 0 Å². The summed E-state index contributed by atoms with van der Waals surface area (Å²) in [5.74, 6) is 0.701. The van der Waals surface area contributed by atoms with Crippen molar-refractivity contribution < 1.29 is 9.31 Å². The minimum atomic E-state index is -0.296. The number of aryl methyl sites for hydroxylation is 3. The highest BCUT2D eigenvalue weighted by Gasteiger charge is 2.41. The summed E-state index contributed by atoms with van der Waals surface area (Å²) in [6.45, 7) is 11.9. The second-order valence-electron chi connectivity index (χ2n) is 8.14. The normalized spacial score (nSPS) is 24.8. The smallest absolute Gasteiger partial charge is 0.330 e. The van der Waals surface area contributed by atoms with Crippen LogP contribution in [-0.4, -0.2) is 17.5 Å². The van der Waals surface area contributed by atoms with Crippen molar-refractivity contribution in [1.29, 1.82) is 0 Å². The van der Waals surface area contributed by atoms with E-state index >= 15 is 0 Å². The maximum absolute atomic E-state index is 6.18. The van der Waals surface area contributed by atoms with Crippen molar-refractivity contribution >= 4 is 12.1 Å². The number of fused-ring (bicyclic) bond motifs is 1. The van der Waals surface area contributed by atoms with Gasteiger partial charge in [0.1, 0.15) is 0 Å². The lowest BCUT2D eigenvalue weighted by atomic mass is 9.90. The first kappa shape index (κ1) is 16.4. The fourth-order valence-corrected chi connectivity index (χ4v) is 4.23. The van der Waals surface area contributed by atoms with Crippen LogP contribution in [0.25, 0.3) is 0 Å². The molecule has 2 atom stereocenters. The molecule has 2 nitrogen and oxygen atoms in total. The first-order chi connectivity index (χ1) is 11.9. The Kier molecular flexibility index (Phi) is 3.75. The molecule has 25 heavy (non-hydrogen) atoms. The quantitative estimate of drug-likeness (QED) is 0.681. The zero-order chi connectivity index (χ0) is 17.8. The summed E-state index contributed by atoms with van der Waals surface area (Å²) < 4.78 is 8.44. The molecule has 0 fully saturated rings. The number of nitrogens with zero attached hydrogens (tertiary/aromatic N) is 1. The Morgan fingerprint density at radius 1 is 1.08 bits per heavy atom. The van der Waals surface area contributed by atoms with E-state index in [-0.39, 0.29) is 5.60 Å². The van der Waals surface area contributed by atoms with Crippen LogP contribution >= 0.6 is 0 Å². The predicted molar refractivity (Wildman–Crippen MR) is 103 cm³/mol. The van der Waals surface area contributed by atoms with Crippen molar-refractivity contribution in [2.24, 2.45) is 0 Å². The van der Waals surface area contributed by atoms with Gasteiger partial charge in [-0.15, -0.1) is 0 Å². The predicted octanol–water partition coefficient (Wildman–Crippen LogP) is 5.28. The molecule has 0 radical (unpaired) electrons. The Morgan fingerprint density at radius 3 is 2.52 bits per heavy atom. The van der Waals surface area contributed by atoms with Crippen LogP contribution in [0.3, 0.4) is 0 Å². The second kappa shape index (κ2) is 5.72. The fourth-order valence-electron chi connectivity index (χ4n) is 4.23. The number of benzene rings is 2. The van der Waals surface area contributed by atoms with Crippen molar-refractivity contribution in [2.45, 2.75) is 59.0 Å². The highest BCUT2D eigenvalue weighted by Crippen LogP contribution is 2.37. The lowest BCUT2D eigenvalue weighted by molar-refractivity contribution is -0.435. The van der Waals surface area contributed by atoms with Crippen LogP contribution in [0.5, 0.6) is 0 Å². The van der Waals surface area contributed by atoms with E-state index in [9.17, 15) is 0 Å². The lowest BCUT2D eigenvalue weighted by Gasteiger charge is -2.22. The largest absolute Gasteiger partial charge is 0.432 e. The summed E-state index contributed by atoms with van der Waals surface area (Å²) in [4.78, 5) is 0. The van der Waals surface area contributed by atoms with E-state index in [4.69, 9.17) is 4.74 Å². The Balaban J connectivity index is 1.62. The van der Waals surface area contributed by atoms with Crippen LogP contribution in [0.1, 0.15) is 59.6 Å². The summed E-state index contributed by atoms with van der Waals surface area (Å²) >= 11 is 0. The van der Waals surface area contributed by atoms with Gasteiger partial charge >= 0.3 is 6.40 Å². The first-order valence-corrected chi connectivity index (χ1v) is 9.36. The molecule has 2 aromatic rings. The van der Waals surface area contributed by atoms with Crippen LogP contribution in [0.15, 0.2) is 30.3 Å². The van der Waals surface area contributed by atoms with Gasteiger partial charge < -0.3 is 4.74 Å². The van der Waals surface area contributed by atoms with Gasteiger partial charge in [0.05, 0.1) is 0 Å². The molecule has 0 N–H and O–H groups in total. The number of ether oxygens (including phenoxy) is 1. The van der Waals surface area contributed by atoms with E-state index in [1.165, 1.54) is 51.9 Å². The van der Waals surface area contributed by atoms with Gasteiger partial charge in [0.25, 0.3) is 0 Å². The molecule has 2 unspecified atom stereocenters.